The zero-order chi connectivity index (χ0) is 20.2. The Morgan fingerprint density at radius 3 is 1.56 bits per heavy atom. The quantitative estimate of drug-likeness (QED) is 0.136. The normalized spacial score (nSPS) is 13.1. The molecule has 6 heteroatoms. The summed E-state index contributed by atoms with van der Waals surface area (Å²) in [5, 5.41) is 0. The first kappa shape index (κ1) is 26.8. The van der Waals surface area contributed by atoms with Crippen molar-refractivity contribution in [3.05, 3.63) is 0 Å². The second-order valence-corrected chi connectivity index (χ2v) is 9.05. The first-order chi connectivity index (χ1) is 13.0. The lowest BCUT2D eigenvalue weighted by Crippen LogP contribution is -2.19. The Hall–Kier alpha value is -0.170. The Morgan fingerprint density at radius 1 is 0.667 bits per heavy atom. The van der Waals surface area contributed by atoms with Crippen LogP contribution in [0.5, 0.6) is 0 Å². The largest absolute Gasteiger partial charge is 0.379 e. The maximum atomic E-state index is 10.9. The third-order valence-corrected chi connectivity index (χ3v) is 5.15. The second-order valence-electron chi connectivity index (χ2n) is 7.45. The van der Waals surface area contributed by atoms with E-state index in [0.717, 1.165) is 19.3 Å². The molecule has 164 valence electrons. The first-order valence-corrected chi connectivity index (χ1v) is 12.8. The van der Waals surface area contributed by atoms with E-state index in [4.69, 9.17) is 9.47 Å². The molecule has 0 aliphatic carbocycles. The predicted molar refractivity (Wildman–Crippen MR) is 112 cm³/mol. The van der Waals surface area contributed by atoms with Crippen LogP contribution in [0.25, 0.3) is 0 Å². The minimum atomic E-state index is -3.46. The minimum absolute atomic E-state index is 0.343. The molecule has 0 aliphatic rings. The van der Waals surface area contributed by atoms with E-state index in [1.54, 1.807) is 6.92 Å². The molecule has 0 N–H and O–H groups in total. The molecule has 0 aromatic rings. The van der Waals surface area contributed by atoms with E-state index in [1.807, 2.05) is 0 Å². The average Bonchev–Trinajstić information content (AvgIpc) is 2.59. The van der Waals surface area contributed by atoms with Crippen molar-refractivity contribution in [1.29, 1.82) is 0 Å². The molecule has 0 bridgehead atoms. The molecule has 0 aliphatic heterocycles. The fourth-order valence-electron chi connectivity index (χ4n) is 3.05. The van der Waals surface area contributed by atoms with E-state index in [2.05, 4.69) is 11.1 Å². The van der Waals surface area contributed by atoms with Crippen molar-refractivity contribution in [2.45, 2.75) is 110 Å². The molecule has 1 atom stereocenters. The Bertz CT molecular complexity index is 397. The summed E-state index contributed by atoms with van der Waals surface area (Å²) >= 11 is 0. The van der Waals surface area contributed by atoms with Crippen LogP contribution in [0, 0.1) is 0 Å². The number of unbranched alkanes of at least 4 members (excludes halogenated alkanes) is 13. The predicted octanol–water partition coefficient (Wildman–Crippen LogP) is 5.82. The Kier molecular flexibility index (Phi) is 19.0. The van der Waals surface area contributed by atoms with Crippen molar-refractivity contribution in [3.63, 3.8) is 0 Å². The Balaban J connectivity index is 3.13. The molecule has 0 saturated carbocycles. The topological polar surface area (TPSA) is 61.8 Å². The summed E-state index contributed by atoms with van der Waals surface area (Å²) < 4.78 is 37.2. The zero-order valence-electron chi connectivity index (χ0n) is 18.0. The lowest BCUT2D eigenvalue weighted by Gasteiger charge is -2.12. The van der Waals surface area contributed by atoms with Crippen molar-refractivity contribution < 1.29 is 22.1 Å². The van der Waals surface area contributed by atoms with Crippen LogP contribution in [0.15, 0.2) is 0 Å². The molecule has 0 amide bonds. The molecule has 0 spiro atoms. The van der Waals surface area contributed by atoms with E-state index in [0.29, 0.717) is 13.2 Å². The molecule has 0 saturated heterocycles. The van der Waals surface area contributed by atoms with Crippen LogP contribution in [0.3, 0.4) is 0 Å². The summed E-state index contributed by atoms with van der Waals surface area (Å²) in [7, 11) is -3.46. The highest BCUT2D eigenvalue weighted by Gasteiger charge is 2.09. The van der Waals surface area contributed by atoms with Gasteiger partial charge < -0.3 is 9.47 Å². The van der Waals surface area contributed by atoms with Gasteiger partial charge in [0.2, 0.25) is 0 Å². The molecule has 0 rings (SSSR count). The summed E-state index contributed by atoms with van der Waals surface area (Å²) in [4.78, 5) is 0. The summed E-state index contributed by atoms with van der Waals surface area (Å²) in [6.45, 7) is 5.38. The standard InChI is InChI=1S/C21H44O5S/c1-4-5-6-7-8-9-10-11-12-13-14-15-16-17-18-24-19-20-25-21(2)26-27(3,22)23/h21H,4-20H2,1-3H3. The molecular formula is C21H44O5S. The second kappa shape index (κ2) is 19.2. The van der Waals surface area contributed by atoms with E-state index < -0.39 is 16.4 Å². The van der Waals surface area contributed by atoms with Crippen molar-refractivity contribution in [2.24, 2.45) is 0 Å². The molecule has 0 aromatic heterocycles. The average molecular weight is 409 g/mol. The Labute approximate surface area is 168 Å². The van der Waals surface area contributed by atoms with Crippen molar-refractivity contribution in [3.8, 4) is 0 Å². The van der Waals surface area contributed by atoms with Crippen LogP contribution in [0.4, 0.5) is 0 Å². The van der Waals surface area contributed by atoms with E-state index in [-0.39, 0.29) is 0 Å². The van der Waals surface area contributed by atoms with Gasteiger partial charge in [-0.15, -0.1) is 0 Å². The number of hydrogen-bond acceptors (Lipinski definition) is 5. The van der Waals surface area contributed by atoms with Gasteiger partial charge in [-0.05, 0) is 13.3 Å². The molecule has 0 heterocycles. The van der Waals surface area contributed by atoms with Gasteiger partial charge in [0.15, 0.2) is 6.29 Å². The van der Waals surface area contributed by atoms with Gasteiger partial charge >= 0.3 is 0 Å². The smallest absolute Gasteiger partial charge is 0.266 e. The van der Waals surface area contributed by atoms with Crippen molar-refractivity contribution in [2.75, 3.05) is 26.1 Å². The highest BCUT2D eigenvalue weighted by Crippen LogP contribution is 2.12. The van der Waals surface area contributed by atoms with E-state index in [1.165, 1.54) is 83.5 Å². The van der Waals surface area contributed by atoms with E-state index in [9.17, 15) is 8.42 Å². The summed E-state index contributed by atoms with van der Waals surface area (Å²) in [6.07, 6.45) is 19.2. The lowest BCUT2D eigenvalue weighted by atomic mass is 10.0. The van der Waals surface area contributed by atoms with Gasteiger partial charge in [0.05, 0.1) is 19.5 Å². The zero-order valence-corrected chi connectivity index (χ0v) is 18.9. The highest BCUT2D eigenvalue weighted by atomic mass is 32.2. The number of hydrogen-bond donors (Lipinski definition) is 0. The van der Waals surface area contributed by atoms with Gasteiger partial charge in [0.1, 0.15) is 0 Å². The van der Waals surface area contributed by atoms with E-state index >= 15 is 0 Å². The van der Waals surface area contributed by atoms with Crippen LogP contribution in [0.2, 0.25) is 0 Å². The molecule has 0 radical (unpaired) electrons. The summed E-state index contributed by atoms with van der Waals surface area (Å²) in [5.74, 6) is 0. The van der Waals surface area contributed by atoms with Gasteiger partial charge in [-0.1, -0.05) is 90.4 Å². The van der Waals surface area contributed by atoms with Gasteiger partial charge in [-0.2, -0.15) is 8.42 Å². The SMILES string of the molecule is CCCCCCCCCCCCCCCCOCCOC(C)OS(C)(=O)=O. The highest BCUT2D eigenvalue weighted by molar-refractivity contribution is 7.86. The third kappa shape index (κ3) is 23.8. The molecule has 0 aromatic carbocycles. The van der Waals surface area contributed by atoms with Crippen molar-refractivity contribution >= 4 is 10.1 Å². The summed E-state index contributed by atoms with van der Waals surface area (Å²) in [5.41, 5.74) is 0. The maximum absolute atomic E-state index is 10.9. The monoisotopic (exact) mass is 408 g/mol. The Morgan fingerprint density at radius 2 is 1.11 bits per heavy atom. The minimum Gasteiger partial charge on any atom is -0.379 e. The first-order valence-electron chi connectivity index (χ1n) is 11.0. The molecule has 5 nitrogen and oxygen atoms in total. The lowest BCUT2D eigenvalue weighted by molar-refractivity contribution is -0.0798. The summed E-state index contributed by atoms with van der Waals surface area (Å²) in [6, 6.07) is 0. The van der Waals surface area contributed by atoms with Gasteiger partial charge in [0.25, 0.3) is 10.1 Å². The van der Waals surface area contributed by atoms with Crippen LogP contribution in [-0.2, 0) is 23.8 Å². The maximum Gasteiger partial charge on any atom is 0.266 e. The van der Waals surface area contributed by atoms with Crippen LogP contribution >= 0.6 is 0 Å². The number of ether oxygens (including phenoxy) is 2. The molecular weight excluding hydrogens is 364 g/mol. The van der Waals surface area contributed by atoms with Gasteiger partial charge in [0, 0.05) is 6.61 Å². The van der Waals surface area contributed by atoms with Crippen LogP contribution in [-0.4, -0.2) is 40.8 Å². The fourth-order valence-corrected chi connectivity index (χ4v) is 3.60. The third-order valence-electron chi connectivity index (χ3n) is 4.53. The van der Waals surface area contributed by atoms with Gasteiger partial charge in [-0.25, -0.2) is 4.18 Å². The van der Waals surface area contributed by atoms with Crippen LogP contribution < -0.4 is 0 Å². The fraction of sp³-hybridized carbons (Fsp3) is 1.00. The van der Waals surface area contributed by atoms with Gasteiger partial charge in [-0.3, -0.25) is 0 Å². The molecule has 0 fully saturated rings. The molecule has 27 heavy (non-hydrogen) atoms. The molecule has 1 unspecified atom stereocenters. The number of rotatable bonds is 21. The van der Waals surface area contributed by atoms with Crippen molar-refractivity contribution in [1.82, 2.24) is 0 Å². The van der Waals surface area contributed by atoms with Crippen LogP contribution in [0.1, 0.15) is 104 Å².